The van der Waals surface area contributed by atoms with Crippen LogP contribution in [-0.2, 0) is 34.0 Å². The van der Waals surface area contributed by atoms with Crippen LogP contribution < -0.4 is 0 Å². The fourth-order valence-electron chi connectivity index (χ4n) is 4.66. The molecule has 0 radical (unpaired) electrons. The zero-order chi connectivity index (χ0) is 21.1. The topological polar surface area (TPSA) is 124 Å². The van der Waals surface area contributed by atoms with Crippen LogP contribution in [0.1, 0.15) is 32.1 Å². The Morgan fingerprint density at radius 3 is 2.11 bits per heavy atom. The quantitative estimate of drug-likeness (QED) is 0.392. The van der Waals surface area contributed by atoms with Crippen LogP contribution in [0.2, 0.25) is 0 Å². The van der Waals surface area contributed by atoms with E-state index in [1.165, 1.54) is 0 Å². The summed E-state index contributed by atoms with van der Waals surface area (Å²) in [6.07, 6.45) is -4.03. The molecule has 0 heterocycles. The van der Waals surface area contributed by atoms with E-state index >= 15 is 0 Å². The Morgan fingerprint density at radius 1 is 1.11 bits per heavy atom. The van der Waals surface area contributed by atoms with Gasteiger partial charge in [0.15, 0.2) is 6.61 Å². The molecule has 4 fully saturated rings. The summed E-state index contributed by atoms with van der Waals surface area (Å²) in [7, 11) is -6.57. The maximum Gasteiger partial charge on any atom is 0.451 e. The second-order valence-electron chi connectivity index (χ2n) is 7.55. The van der Waals surface area contributed by atoms with E-state index in [1.54, 1.807) is 0 Å². The normalized spacial score (nSPS) is 34.0. The summed E-state index contributed by atoms with van der Waals surface area (Å²) in [6.45, 7) is -1.48. The van der Waals surface area contributed by atoms with Gasteiger partial charge in [-0.3, -0.25) is 9.35 Å². The van der Waals surface area contributed by atoms with Crippen LogP contribution >= 0.6 is 0 Å². The smallest absolute Gasteiger partial charge is 0.451 e. The molecule has 0 aromatic carbocycles. The molecule has 4 unspecified atom stereocenters. The van der Waals surface area contributed by atoms with Crippen LogP contribution in [0.5, 0.6) is 0 Å². The molecular formula is C15H16F4O8S. The van der Waals surface area contributed by atoms with Crippen LogP contribution in [0.25, 0.3) is 0 Å². The second kappa shape index (κ2) is 6.37. The van der Waals surface area contributed by atoms with Crippen molar-refractivity contribution in [3.05, 3.63) is 0 Å². The first-order valence-electron chi connectivity index (χ1n) is 8.34. The predicted octanol–water partition coefficient (Wildman–Crippen LogP) is 1.34. The fraction of sp³-hybridized carbons (Fsp3) is 0.800. The number of hydrogen-bond acceptors (Lipinski definition) is 7. The van der Waals surface area contributed by atoms with Crippen molar-refractivity contribution < 1.29 is 54.4 Å². The Balaban J connectivity index is 1.65. The van der Waals surface area contributed by atoms with E-state index in [0.29, 0.717) is 19.3 Å². The van der Waals surface area contributed by atoms with Gasteiger partial charge in [0.1, 0.15) is 11.4 Å². The number of halogens is 4. The highest BCUT2D eigenvalue weighted by Gasteiger charge is 2.72. The summed E-state index contributed by atoms with van der Waals surface area (Å²) in [5.41, 5.74) is -1.01. The molecule has 0 spiro atoms. The van der Waals surface area contributed by atoms with E-state index in [4.69, 9.17) is 9.29 Å². The van der Waals surface area contributed by atoms with Crippen molar-refractivity contribution >= 4 is 27.8 Å². The van der Waals surface area contributed by atoms with Crippen molar-refractivity contribution in [3.8, 4) is 0 Å². The van der Waals surface area contributed by atoms with Gasteiger partial charge in [-0.2, -0.15) is 21.6 Å². The lowest BCUT2D eigenvalue weighted by molar-refractivity contribution is -0.218. The molecule has 4 saturated carbocycles. The minimum Gasteiger partial charge on any atom is -0.456 e. The maximum absolute atomic E-state index is 13.8. The zero-order valence-corrected chi connectivity index (χ0v) is 15.0. The molecule has 13 heteroatoms. The zero-order valence-electron chi connectivity index (χ0n) is 14.2. The van der Waals surface area contributed by atoms with Crippen LogP contribution in [0.4, 0.5) is 17.6 Å². The highest BCUT2D eigenvalue weighted by atomic mass is 32.2. The van der Waals surface area contributed by atoms with E-state index in [0.717, 1.165) is 0 Å². The average molecular weight is 432 g/mol. The first kappa shape index (κ1) is 21.0. The minimum absolute atomic E-state index is 0.0922. The Morgan fingerprint density at radius 2 is 1.64 bits per heavy atom. The summed E-state index contributed by atoms with van der Waals surface area (Å²) in [5.74, 6) is -4.60. The summed E-state index contributed by atoms with van der Waals surface area (Å²) in [4.78, 5) is 35.4. The van der Waals surface area contributed by atoms with Gasteiger partial charge in [-0.25, -0.2) is 14.0 Å². The highest BCUT2D eigenvalue weighted by molar-refractivity contribution is 7.88. The number of alkyl halides is 4. The molecule has 0 aromatic heterocycles. The molecule has 158 valence electrons. The number of carbonyl (C=O) groups excluding carboxylic acids is 3. The second-order valence-corrected chi connectivity index (χ2v) is 9.06. The number of carbonyl (C=O) groups is 3. The van der Waals surface area contributed by atoms with Crippen molar-refractivity contribution in [1.82, 2.24) is 0 Å². The molecular weight excluding hydrogens is 416 g/mol. The van der Waals surface area contributed by atoms with Crippen molar-refractivity contribution in [3.63, 3.8) is 0 Å². The summed E-state index contributed by atoms with van der Waals surface area (Å²) in [5, 5.41) is -5.73. The van der Waals surface area contributed by atoms with Gasteiger partial charge in [0.05, 0.1) is 0 Å². The first-order valence-corrected chi connectivity index (χ1v) is 9.78. The molecule has 0 aliphatic heterocycles. The molecule has 4 aliphatic rings. The number of Topliss-reactive ketones (excluding diaryl/α,β-unsaturated/α-hetero) is 1. The fourth-order valence-corrected chi connectivity index (χ4v) is 5.22. The van der Waals surface area contributed by atoms with Gasteiger partial charge in [-0.05, 0) is 38.0 Å². The van der Waals surface area contributed by atoms with Gasteiger partial charge in [0.2, 0.25) is 0 Å². The van der Waals surface area contributed by atoms with Crippen molar-refractivity contribution in [2.24, 2.45) is 17.8 Å². The molecule has 0 aromatic rings. The Hall–Kier alpha value is -1.76. The van der Waals surface area contributed by atoms with E-state index in [1.807, 2.05) is 0 Å². The Bertz CT molecular complexity index is 804. The number of hydrogen-bond donors (Lipinski definition) is 1. The van der Waals surface area contributed by atoms with Gasteiger partial charge in [0, 0.05) is 11.8 Å². The Kier molecular flexibility index (Phi) is 4.77. The number of ether oxygens (including phenoxy) is 2. The highest BCUT2D eigenvalue weighted by Crippen LogP contribution is 2.55. The van der Waals surface area contributed by atoms with Gasteiger partial charge in [0.25, 0.3) is 0 Å². The van der Waals surface area contributed by atoms with Crippen LogP contribution in [0.3, 0.4) is 0 Å². The van der Waals surface area contributed by atoms with Crippen LogP contribution in [0, 0.1) is 17.8 Å². The molecule has 4 bridgehead atoms. The summed E-state index contributed by atoms with van der Waals surface area (Å²) in [6, 6.07) is 0. The van der Waals surface area contributed by atoms with Crippen LogP contribution in [-0.4, -0.2) is 54.1 Å². The lowest BCUT2D eigenvalue weighted by Gasteiger charge is -2.54. The van der Waals surface area contributed by atoms with Gasteiger partial charge in [-0.1, -0.05) is 0 Å². The van der Waals surface area contributed by atoms with Crippen LogP contribution in [0.15, 0.2) is 0 Å². The van der Waals surface area contributed by atoms with E-state index < -0.39 is 45.4 Å². The standard InChI is InChI=1S/C15H16F4O8S/c16-14(15(17,18)19,28(23,24)25)12(22)26-6-10(20)27-13-3-7-1-8(4-13)11(21)9(2-7)5-13/h7-9H,1-6H2,(H,23,24,25)/t7?,8-,9?,13?,14?/m0/s1. The molecule has 1 N–H and O–H groups in total. The number of esters is 2. The molecule has 5 atom stereocenters. The SMILES string of the molecule is O=C(COC(=O)C(F)(C(F)(F)F)S(=O)(=O)O)OC12CC3CC(C1)C(=O)[C@@H](C3)C2. The molecule has 4 rings (SSSR count). The monoisotopic (exact) mass is 432 g/mol. The summed E-state index contributed by atoms with van der Waals surface area (Å²) < 4.78 is 90.7. The summed E-state index contributed by atoms with van der Waals surface area (Å²) >= 11 is 0. The third kappa shape index (κ3) is 3.27. The largest absolute Gasteiger partial charge is 0.456 e. The molecule has 0 saturated heterocycles. The maximum atomic E-state index is 13.8. The third-order valence-electron chi connectivity index (χ3n) is 5.57. The van der Waals surface area contributed by atoms with E-state index in [2.05, 4.69) is 4.74 Å². The van der Waals surface area contributed by atoms with Gasteiger partial charge >= 0.3 is 33.2 Å². The predicted molar refractivity (Wildman–Crippen MR) is 79.8 cm³/mol. The van der Waals surface area contributed by atoms with Crippen molar-refractivity contribution in [1.29, 1.82) is 0 Å². The lowest BCUT2D eigenvalue weighted by Crippen LogP contribution is -2.57. The number of ketones is 1. The van der Waals surface area contributed by atoms with Gasteiger partial charge < -0.3 is 9.47 Å². The average Bonchev–Trinajstić information content (AvgIpc) is 2.53. The van der Waals surface area contributed by atoms with E-state index in [9.17, 15) is 40.4 Å². The van der Waals surface area contributed by atoms with Crippen molar-refractivity contribution in [2.45, 2.75) is 48.9 Å². The Labute approximate surface area is 156 Å². The molecule has 4 aliphatic carbocycles. The van der Waals surface area contributed by atoms with E-state index in [-0.39, 0.29) is 36.4 Å². The third-order valence-corrected chi connectivity index (χ3v) is 6.68. The van der Waals surface area contributed by atoms with Gasteiger partial charge in [-0.15, -0.1) is 0 Å². The molecule has 8 nitrogen and oxygen atoms in total. The number of rotatable bonds is 5. The van der Waals surface area contributed by atoms with Crippen molar-refractivity contribution in [2.75, 3.05) is 6.61 Å². The minimum atomic E-state index is -6.57. The molecule has 28 heavy (non-hydrogen) atoms. The molecule has 0 amide bonds. The lowest BCUT2D eigenvalue weighted by atomic mass is 9.53. The first-order chi connectivity index (χ1) is 12.7.